The molecule has 0 fully saturated rings. The number of hydrogen-bond donors (Lipinski definition) is 1. The van der Waals surface area contributed by atoms with E-state index in [1.54, 1.807) is 4.67 Å². The maximum Gasteiger partial charge on any atom is 0.432 e. The Kier molecular flexibility index (Phi) is 5.54. The van der Waals surface area contributed by atoms with Gasteiger partial charge >= 0.3 is 7.75 Å². The van der Waals surface area contributed by atoms with Crippen molar-refractivity contribution in [1.82, 2.24) is 4.67 Å². The fraction of sp³-hybridized carbons (Fsp3) is 0.400. The number of quaternary nitrogens is 1. The van der Waals surface area contributed by atoms with Crippen LogP contribution in [0.1, 0.15) is 12.0 Å². The lowest BCUT2D eigenvalue weighted by Crippen LogP contribution is -2.37. The van der Waals surface area contributed by atoms with Crippen LogP contribution >= 0.6 is 7.75 Å². The topological polar surface area (TPSA) is 49.8 Å². The third-order valence-corrected chi connectivity index (χ3v) is 6.22. The number of fused-ring (bicyclic) bond motifs is 1. The summed E-state index contributed by atoms with van der Waals surface area (Å²) in [4.78, 5) is 10.5. The molecule has 1 aliphatic heterocycles. The summed E-state index contributed by atoms with van der Waals surface area (Å²) in [6.45, 7) is 1.47. The second-order valence-corrected chi connectivity index (χ2v) is 9.48. The van der Waals surface area contributed by atoms with E-state index in [4.69, 9.17) is 4.52 Å². The highest BCUT2D eigenvalue weighted by Crippen LogP contribution is 2.51. The Hall–Kier alpha value is -1.65. The Bertz CT molecular complexity index is 852. The number of allylic oxidation sites excluding steroid dienone is 1. The molecule has 0 bridgehead atoms. The van der Waals surface area contributed by atoms with Crippen molar-refractivity contribution in [3.8, 4) is 0 Å². The van der Waals surface area contributed by atoms with Gasteiger partial charge in [-0.25, -0.2) is 4.57 Å². The molecule has 3 rings (SSSR count). The van der Waals surface area contributed by atoms with Crippen molar-refractivity contribution < 1.29 is 18.5 Å². The van der Waals surface area contributed by atoms with Gasteiger partial charge in [-0.3, -0.25) is 9.19 Å². The van der Waals surface area contributed by atoms with Gasteiger partial charge in [0.1, 0.15) is 13.2 Å². The highest BCUT2D eigenvalue weighted by molar-refractivity contribution is 7.50. The molecule has 1 aliphatic rings. The first kappa shape index (κ1) is 19.1. The first-order valence-electron chi connectivity index (χ1n) is 8.98. The molecular formula is C20H28N2O3P+. The van der Waals surface area contributed by atoms with Gasteiger partial charge in [0.2, 0.25) is 0 Å². The molecule has 5 nitrogen and oxygen atoms in total. The Balaban J connectivity index is 1.74. The summed E-state index contributed by atoms with van der Waals surface area (Å²) in [6.07, 6.45) is 3.45. The van der Waals surface area contributed by atoms with Crippen molar-refractivity contribution in [3.63, 3.8) is 0 Å². The summed E-state index contributed by atoms with van der Waals surface area (Å²) in [7, 11) is 2.28. The summed E-state index contributed by atoms with van der Waals surface area (Å²) in [5.41, 5.74) is 2.03. The molecule has 0 saturated carbocycles. The number of hydrogen-bond acceptors (Lipinski definition) is 2. The van der Waals surface area contributed by atoms with Crippen molar-refractivity contribution in [2.45, 2.75) is 12.8 Å². The molecule has 0 radical (unpaired) electrons. The van der Waals surface area contributed by atoms with Gasteiger partial charge < -0.3 is 9.38 Å². The number of likely N-dealkylation sites (N-methyl/N-ethyl adjacent to an activating group) is 1. The van der Waals surface area contributed by atoms with E-state index in [2.05, 4.69) is 24.3 Å². The number of rotatable bonds is 7. The number of nitrogens with zero attached hydrogens (tertiary/aromatic N) is 2. The largest absolute Gasteiger partial charge is 0.432 e. The lowest BCUT2D eigenvalue weighted by atomic mass is 10.0. The van der Waals surface area contributed by atoms with Crippen LogP contribution < -0.4 is 0 Å². The molecule has 2 aromatic rings. The van der Waals surface area contributed by atoms with E-state index in [9.17, 15) is 9.46 Å². The van der Waals surface area contributed by atoms with Crippen molar-refractivity contribution in [2.75, 3.05) is 40.8 Å². The third-order valence-electron chi connectivity index (χ3n) is 4.63. The molecule has 1 unspecified atom stereocenters. The normalized spacial score (nSPS) is 17.4. The van der Waals surface area contributed by atoms with Gasteiger partial charge in [-0.1, -0.05) is 48.5 Å². The molecule has 140 valence electrons. The second-order valence-electron chi connectivity index (χ2n) is 7.76. The first-order chi connectivity index (χ1) is 12.3. The molecule has 1 heterocycles. The van der Waals surface area contributed by atoms with Crippen LogP contribution in [0.5, 0.6) is 0 Å². The molecular weight excluding hydrogens is 347 g/mol. The molecule has 1 atom stereocenters. The second kappa shape index (κ2) is 7.53. The third kappa shape index (κ3) is 4.54. The highest BCUT2D eigenvalue weighted by atomic mass is 31.2. The molecule has 0 spiro atoms. The SMILES string of the molecule is C[N+](C)(C)CCOP(=O)(O)N1CCC=C1Cc1cccc2ccccc12. The van der Waals surface area contributed by atoms with Crippen molar-refractivity contribution in [2.24, 2.45) is 0 Å². The zero-order chi connectivity index (χ0) is 18.8. The van der Waals surface area contributed by atoms with Crippen LogP contribution in [-0.4, -0.2) is 54.9 Å². The predicted octanol–water partition coefficient (Wildman–Crippen LogP) is 3.80. The lowest BCUT2D eigenvalue weighted by Gasteiger charge is -2.29. The summed E-state index contributed by atoms with van der Waals surface area (Å²) < 4.78 is 20.5. The van der Waals surface area contributed by atoms with E-state index < -0.39 is 7.75 Å². The fourth-order valence-electron chi connectivity index (χ4n) is 3.20. The van der Waals surface area contributed by atoms with Gasteiger partial charge in [0.15, 0.2) is 0 Å². The molecule has 2 aromatic carbocycles. The van der Waals surface area contributed by atoms with E-state index in [0.29, 0.717) is 24.0 Å². The van der Waals surface area contributed by atoms with Gasteiger partial charge in [-0.15, -0.1) is 0 Å². The van der Waals surface area contributed by atoms with Crippen LogP contribution in [-0.2, 0) is 15.5 Å². The van der Waals surface area contributed by atoms with Crippen molar-refractivity contribution >= 4 is 18.5 Å². The average Bonchev–Trinajstić information content (AvgIpc) is 3.03. The smallest absolute Gasteiger partial charge is 0.329 e. The molecule has 0 amide bonds. The number of benzene rings is 2. The Labute approximate surface area is 155 Å². The standard InChI is InChI=1S/C20H27N2O3P/c1-22(2,3)14-15-25-26(23,24)21-13-7-11-19(21)16-18-10-6-9-17-8-4-5-12-20(17)18/h4-6,8-12H,7,13-16H2,1-3H3/p+1. The molecule has 6 heteroatoms. The lowest BCUT2D eigenvalue weighted by molar-refractivity contribution is -0.870. The highest BCUT2D eigenvalue weighted by Gasteiger charge is 2.34. The predicted molar refractivity (Wildman–Crippen MR) is 106 cm³/mol. The van der Waals surface area contributed by atoms with Crippen LogP contribution in [0.15, 0.2) is 54.2 Å². The molecule has 0 aromatic heterocycles. The van der Waals surface area contributed by atoms with Crippen molar-refractivity contribution in [1.29, 1.82) is 0 Å². The van der Waals surface area contributed by atoms with Crippen LogP contribution in [0.3, 0.4) is 0 Å². The Morgan fingerprint density at radius 2 is 1.88 bits per heavy atom. The van der Waals surface area contributed by atoms with Crippen LogP contribution in [0.2, 0.25) is 0 Å². The monoisotopic (exact) mass is 375 g/mol. The minimum Gasteiger partial charge on any atom is -0.329 e. The Morgan fingerprint density at radius 1 is 1.15 bits per heavy atom. The average molecular weight is 375 g/mol. The molecule has 1 N–H and O–H groups in total. The minimum absolute atomic E-state index is 0.259. The van der Waals surface area contributed by atoms with Gasteiger partial charge in [0.25, 0.3) is 0 Å². The zero-order valence-corrected chi connectivity index (χ0v) is 16.7. The van der Waals surface area contributed by atoms with E-state index >= 15 is 0 Å². The molecule has 26 heavy (non-hydrogen) atoms. The maximum absolute atomic E-state index is 12.8. The summed E-state index contributed by atoms with van der Waals surface area (Å²) >= 11 is 0. The van der Waals surface area contributed by atoms with E-state index in [1.165, 1.54) is 10.8 Å². The van der Waals surface area contributed by atoms with E-state index in [0.717, 1.165) is 17.7 Å². The summed E-state index contributed by atoms with van der Waals surface area (Å²) in [5, 5.41) is 2.36. The Morgan fingerprint density at radius 3 is 2.65 bits per heavy atom. The molecule has 0 saturated heterocycles. The van der Waals surface area contributed by atoms with Crippen LogP contribution in [0.4, 0.5) is 0 Å². The minimum atomic E-state index is -3.82. The first-order valence-corrected chi connectivity index (χ1v) is 10.5. The summed E-state index contributed by atoms with van der Waals surface area (Å²) in [6, 6.07) is 14.4. The fourth-order valence-corrected chi connectivity index (χ4v) is 4.50. The van der Waals surface area contributed by atoms with Gasteiger partial charge in [0.05, 0.1) is 21.1 Å². The van der Waals surface area contributed by atoms with Crippen LogP contribution in [0, 0.1) is 0 Å². The van der Waals surface area contributed by atoms with Crippen molar-refractivity contribution in [3.05, 3.63) is 59.8 Å². The van der Waals surface area contributed by atoms with Crippen LogP contribution in [0.25, 0.3) is 10.8 Å². The van der Waals surface area contributed by atoms with E-state index in [-0.39, 0.29) is 6.61 Å². The van der Waals surface area contributed by atoms with Gasteiger partial charge in [-0.2, -0.15) is 0 Å². The quantitative estimate of drug-likeness (QED) is 0.591. The maximum atomic E-state index is 12.8. The van der Waals surface area contributed by atoms with Gasteiger partial charge in [0, 0.05) is 18.7 Å². The van der Waals surface area contributed by atoms with Gasteiger partial charge in [-0.05, 0) is 22.8 Å². The van der Waals surface area contributed by atoms with E-state index in [1.807, 2.05) is 45.4 Å². The molecule has 0 aliphatic carbocycles. The zero-order valence-electron chi connectivity index (χ0n) is 15.8. The summed E-state index contributed by atoms with van der Waals surface area (Å²) in [5.74, 6) is 0.